The highest BCUT2D eigenvalue weighted by Crippen LogP contribution is 2.11. The lowest BCUT2D eigenvalue weighted by Crippen LogP contribution is -1.99. The fraction of sp³-hybridized carbons (Fsp3) is 0.500. The third-order valence-corrected chi connectivity index (χ3v) is 2.54. The van der Waals surface area contributed by atoms with Crippen LogP contribution in [0.5, 0.6) is 0 Å². The van der Waals surface area contributed by atoms with E-state index in [2.05, 4.69) is 26.1 Å². The second-order valence-electron chi connectivity index (χ2n) is 3.40. The zero-order valence-corrected chi connectivity index (χ0v) is 11.9. The predicted molar refractivity (Wildman–Crippen MR) is 72.6 cm³/mol. The molecule has 0 spiro atoms. The van der Waals surface area contributed by atoms with Crippen LogP contribution < -0.4 is 0 Å². The van der Waals surface area contributed by atoms with E-state index >= 15 is 0 Å². The number of pyridine rings is 1. The minimum absolute atomic E-state index is 0.133. The number of halogens is 1. The first-order chi connectivity index (χ1) is 8.77. The zero-order chi connectivity index (χ0) is 13.2. The molecule has 0 unspecified atom stereocenters. The zero-order valence-electron chi connectivity index (χ0n) is 10.3. The molecule has 0 radical (unpaired) electrons. The molecule has 1 aliphatic heterocycles. The van der Waals surface area contributed by atoms with Gasteiger partial charge in [-0.25, -0.2) is 0 Å². The smallest absolute Gasteiger partial charge is 0.122 e. The van der Waals surface area contributed by atoms with Crippen LogP contribution in [0.15, 0.2) is 28.0 Å². The van der Waals surface area contributed by atoms with Crippen LogP contribution in [0.2, 0.25) is 0 Å². The van der Waals surface area contributed by atoms with Gasteiger partial charge < -0.3 is 14.7 Å². The summed E-state index contributed by atoms with van der Waals surface area (Å²) in [5, 5.41) is 11.9. The van der Waals surface area contributed by atoms with E-state index in [-0.39, 0.29) is 6.61 Å². The fourth-order valence-corrected chi connectivity index (χ4v) is 1.48. The van der Waals surface area contributed by atoms with Crippen LogP contribution >= 0.6 is 15.9 Å². The van der Waals surface area contributed by atoms with Gasteiger partial charge in [0.25, 0.3) is 0 Å². The van der Waals surface area contributed by atoms with Gasteiger partial charge in [-0.3, -0.25) is 4.98 Å². The van der Waals surface area contributed by atoms with Crippen molar-refractivity contribution < 1.29 is 14.7 Å². The normalized spacial score (nSPS) is 13.4. The quantitative estimate of drug-likeness (QED) is 0.863. The molecule has 2 heterocycles. The molecule has 1 aromatic heterocycles. The van der Waals surface area contributed by atoms with Gasteiger partial charge >= 0.3 is 0 Å². The Bertz CT molecular complexity index is 364. The first kappa shape index (κ1) is 15.1. The van der Waals surface area contributed by atoms with E-state index in [1.807, 2.05) is 19.1 Å². The summed E-state index contributed by atoms with van der Waals surface area (Å²) in [6.45, 7) is 3.87. The largest absolute Gasteiger partial charge is 0.395 e. The van der Waals surface area contributed by atoms with Crippen molar-refractivity contribution in [2.75, 3.05) is 26.4 Å². The van der Waals surface area contributed by atoms with Gasteiger partial charge in [0.1, 0.15) is 12.3 Å². The standard InChI is InChI=1S/C8H7BrN2O.C4H10O2/c9-6-1-2-7(10-5-6)8-3-4-12-11-8;1-2-6-4-3-5/h1-2,5H,3-4H2;5H,2-4H2,1H3. The molecule has 1 aromatic rings. The molecule has 0 aliphatic carbocycles. The topological polar surface area (TPSA) is 63.9 Å². The van der Waals surface area contributed by atoms with Crippen molar-refractivity contribution in [1.29, 1.82) is 0 Å². The molecule has 0 bridgehead atoms. The number of oxime groups is 1. The van der Waals surface area contributed by atoms with Gasteiger partial charge in [-0.2, -0.15) is 0 Å². The van der Waals surface area contributed by atoms with Crippen LogP contribution in [0, 0.1) is 0 Å². The van der Waals surface area contributed by atoms with Crippen molar-refractivity contribution in [3.63, 3.8) is 0 Å². The molecule has 1 N–H and O–H groups in total. The van der Waals surface area contributed by atoms with Gasteiger partial charge in [0.05, 0.1) is 18.9 Å². The van der Waals surface area contributed by atoms with Crippen LogP contribution in [-0.2, 0) is 9.57 Å². The second-order valence-corrected chi connectivity index (χ2v) is 4.32. The van der Waals surface area contributed by atoms with E-state index < -0.39 is 0 Å². The number of aliphatic hydroxyl groups is 1. The summed E-state index contributed by atoms with van der Waals surface area (Å²) in [5.74, 6) is 0. The molecule has 0 aromatic carbocycles. The predicted octanol–water partition coefficient (Wildman–Crippen LogP) is 1.98. The number of aliphatic hydroxyl groups excluding tert-OH is 1. The van der Waals surface area contributed by atoms with Gasteiger partial charge in [0, 0.05) is 23.7 Å². The number of ether oxygens (including phenoxy) is 1. The Morgan fingerprint density at radius 2 is 2.33 bits per heavy atom. The molecule has 18 heavy (non-hydrogen) atoms. The molecule has 100 valence electrons. The Morgan fingerprint density at radius 3 is 2.78 bits per heavy atom. The van der Waals surface area contributed by atoms with E-state index in [0.29, 0.717) is 19.8 Å². The number of hydrogen-bond donors (Lipinski definition) is 1. The number of hydrogen-bond acceptors (Lipinski definition) is 5. The summed E-state index contributed by atoms with van der Waals surface area (Å²) < 4.78 is 5.71. The van der Waals surface area contributed by atoms with Crippen molar-refractivity contribution in [3.05, 3.63) is 28.5 Å². The first-order valence-corrected chi connectivity index (χ1v) is 6.56. The lowest BCUT2D eigenvalue weighted by Gasteiger charge is -1.95. The molecule has 0 saturated carbocycles. The van der Waals surface area contributed by atoms with Gasteiger partial charge in [0.2, 0.25) is 0 Å². The van der Waals surface area contributed by atoms with Crippen LogP contribution in [0.3, 0.4) is 0 Å². The van der Waals surface area contributed by atoms with Crippen LogP contribution in [0.1, 0.15) is 19.0 Å². The third-order valence-electron chi connectivity index (χ3n) is 2.07. The summed E-state index contributed by atoms with van der Waals surface area (Å²) in [6.07, 6.45) is 2.62. The van der Waals surface area contributed by atoms with Crippen molar-refractivity contribution in [1.82, 2.24) is 4.98 Å². The van der Waals surface area contributed by atoms with Gasteiger partial charge in [-0.15, -0.1) is 0 Å². The van der Waals surface area contributed by atoms with Crippen molar-refractivity contribution in [3.8, 4) is 0 Å². The summed E-state index contributed by atoms with van der Waals surface area (Å²) in [5.41, 5.74) is 1.83. The van der Waals surface area contributed by atoms with Crippen molar-refractivity contribution in [2.24, 2.45) is 5.16 Å². The monoisotopic (exact) mass is 316 g/mol. The molecular formula is C12H17BrN2O3. The van der Waals surface area contributed by atoms with Crippen molar-refractivity contribution >= 4 is 21.6 Å². The summed E-state index contributed by atoms with van der Waals surface area (Å²) in [6, 6.07) is 3.88. The molecular weight excluding hydrogens is 300 g/mol. The Kier molecular flexibility index (Phi) is 7.55. The molecule has 0 amide bonds. The molecule has 1 aliphatic rings. The molecule has 6 heteroatoms. The van der Waals surface area contributed by atoms with Crippen LogP contribution in [-0.4, -0.2) is 42.2 Å². The lowest BCUT2D eigenvalue weighted by molar-refractivity contribution is 0.102. The maximum absolute atomic E-state index is 8.07. The van der Waals surface area contributed by atoms with Gasteiger partial charge in [-0.05, 0) is 35.0 Å². The maximum Gasteiger partial charge on any atom is 0.122 e. The Labute approximate surface area is 115 Å². The molecule has 2 rings (SSSR count). The first-order valence-electron chi connectivity index (χ1n) is 5.77. The Hall–Kier alpha value is -0.980. The average Bonchev–Trinajstić information content (AvgIpc) is 2.92. The van der Waals surface area contributed by atoms with Crippen molar-refractivity contribution in [2.45, 2.75) is 13.3 Å². The SMILES string of the molecule is Brc1ccc(C2=NOCC2)nc1.CCOCCO. The van der Waals surface area contributed by atoms with E-state index in [4.69, 9.17) is 14.7 Å². The van der Waals surface area contributed by atoms with Gasteiger partial charge in [-0.1, -0.05) is 5.16 Å². The molecule has 0 fully saturated rings. The lowest BCUT2D eigenvalue weighted by atomic mass is 10.2. The van der Waals surface area contributed by atoms with E-state index in [1.54, 1.807) is 6.20 Å². The number of rotatable bonds is 4. The highest BCUT2D eigenvalue weighted by molar-refractivity contribution is 9.10. The highest BCUT2D eigenvalue weighted by atomic mass is 79.9. The Morgan fingerprint density at radius 1 is 1.50 bits per heavy atom. The number of aromatic nitrogens is 1. The summed E-state index contributed by atoms with van der Waals surface area (Å²) >= 11 is 3.32. The maximum atomic E-state index is 8.07. The van der Waals surface area contributed by atoms with Gasteiger partial charge in [0.15, 0.2) is 0 Å². The highest BCUT2D eigenvalue weighted by Gasteiger charge is 2.10. The third kappa shape index (κ3) is 5.57. The molecule has 5 nitrogen and oxygen atoms in total. The van der Waals surface area contributed by atoms with Crippen LogP contribution in [0.4, 0.5) is 0 Å². The van der Waals surface area contributed by atoms with Crippen LogP contribution in [0.25, 0.3) is 0 Å². The Balaban J connectivity index is 0.000000232. The molecule has 0 saturated heterocycles. The summed E-state index contributed by atoms with van der Waals surface area (Å²) in [4.78, 5) is 9.08. The molecule has 0 atom stereocenters. The summed E-state index contributed by atoms with van der Waals surface area (Å²) in [7, 11) is 0. The average molecular weight is 317 g/mol. The van der Waals surface area contributed by atoms with E-state index in [1.165, 1.54) is 0 Å². The second kappa shape index (κ2) is 9.02. The minimum Gasteiger partial charge on any atom is -0.395 e. The van der Waals surface area contributed by atoms with E-state index in [0.717, 1.165) is 22.3 Å². The fourth-order valence-electron chi connectivity index (χ4n) is 1.24. The minimum atomic E-state index is 0.133. The van der Waals surface area contributed by atoms with E-state index in [9.17, 15) is 0 Å². The number of nitrogens with zero attached hydrogens (tertiary/aromatic N) is 2.